The van der Waals surface area contributed by atoms with Gasteiger partial charge in [-0.25, -0.2) is 0 Å². The molecule has 0 radical (unpaired) electrons. The van der Waals surface area contributed by atoms with Gasteiger partial charge in [0.2, 0.25) is 6.29 Å². The first-order valence-electron chi connectivity index (χ1n) is 17.4. The molecule has 0 amide bonds. The molecule has 15 atom stereocenters. The van der Waals surface area contributed by atoms with Crippen molar-refractivity contribution in [3.63, 3.8) is 0 Å². The molecule has 254 valence electrons. The number of ether oxygens (including phenoxy) is 2. The molecule has 9 nitrogen and oxygen atoms in total. The molecular weight excluding hydrogens is 576 g/mol. The van der Waals surface area contributed by atoms with Crippen molar-refractivity contribution in [3.05, 3.63) is 11.6 Å². The van der Waals surface area contributed by atoms with Gasteiger partial charge in [-0.15, -0.1) is 0 Å². The van der Waals surface area contributed by atoms with Crippen molar-refractivity contribution in [1.82, 2.24) is 0 Å². The Balaban J connectivity index is 1.50. The molecule has 5 fully saturated rings. The topological polar surface area (TPSA) is 154 Å². The Morgan fingerprint density at radius 3 is 2.20 bits per heavy atom. The summed E-state index contributed by atoms with van der Waals surface area (Å²) < 4.78 is 11.9. The molecular formula is C36H56O9. The highest BCUT2D eigenvalue weighted by Crippen LogP contribution is 2.76. The van der Waals surface area contributed by atoms with E-state index in [-0.39, 0.29) is 40.4 Å². The second-order valence-electron chi connectivity index (χ2n) is 17.1. The fourth-order valence-corrected chi connectivity index (χ4v) is 12.3. The minimum absolute atomic E-state index is 0.0397. The van der Waals surface area contributed by atoms with E-state index >= 15 is 4.79 Å². The summed E-state index contributed by atoms with van der Waals surface area (Å²) in [5.41, 5.74) is -2.24. The molecule has 1 saturated heterocycles. The molecule has 9 heteroatoms. The highest BCUT2D eigenvalue weighted by molar-refractivity contribution is 5.85. The van der Waals surface area contributed by atoms with E-state index in [1.807, 2.05) is 0 Å². The third-order valence-electron chi connectivity index (χ3n) is 15.2. The van der Waals surface area contributed by atoms with Crippen LogP contribution in [0.25, 0.3) is 0 Å². The van der Waals surface area contributed by atoms with Gasteiger partial charge < -0.3 is 35.0 Å². The van der Waals surface area contributed by atoms with Crippen molar-refractivity contribution in [2.75, 3.05) is 0 Å². The normalized spacial score (nSPS) is 53.9. The lowest BCUT2D eigenvalue weighted by Crippen LogP contribution is -2.68. The predicted octanol–water partition coefficient (Wildman–Crippen LogP) is 4.44. The van der Waals surface area contributed by atoms with Crippen LogP contribution in [0.3, 0.4) is 0 Å². The zero-order chi connectivity index (χ0) is 33.1. The highest BCUT2D eigenvalue weighted by Gasteiger charge is 2.74. The molecule has 4 saturated carbocycles. The van der Waals surface area contributed by atoms with E-state index in [1.54, 1.807) is 6.92 Å². The first-order chi connectivity index (χ1) is 20.9. The number of hydrogen-bond acceptors (Lipinski definition) is 8. The van der Waals surface area contributed by atoms with Crippen LogP contribution in [-0.4, -0.2) is 74.3 Å². The van der Waals surface area contributed by atoms with Gasteiger partial charge in [0.1, 0.15) is 18.3 Å². The average molecular weight is 633 g/mol. The molecule has 0 aromatic rings. The number of aliphatic hydroxyl groups excluding tert-OH is 4. The molecule has 6 aliphatic rings. The number of allylic oxidation sites excluding steroid dienone is 1. The molecule has 1 aliphatic heterocycles. The van der Waals surface area contributed by atoms with Gasteiger partial charge in [-0.3, -0.25) is 9.59 Å². The first-order valence-corrected chi connectivity index (χ1v) is 17.4. The molecule has 0 aromatic heterocycles. The fourth-order valence-electron chi connectivity index (χ4n) is 12.3. The zero-order valence-corrected chi connectivity index (χ0v) is 28.2. The van der Waals surface area contributed by atoms with Crippen molar-refractivity contribution in [3.8, 4) is 0 Å². The number of carbonyl (C=O) groups is 2. The lowest BCUT2D eigenvalue weighted by molar-refractivity contribution is -0.292. The van der Waals surface area contributed by atoms with Gasteiger partial charge in [0.05, 0.1) is 23.0 Å². The Labute approximate surface area is 267 Å². The summed E-state index contributed by atoms with van der Waals surface area (Å²) in [5, 5.41) is 53.7. The van der Waals surface area contributed by atoms with Gasteiger partial charge in [-0.2, -0.15) is 0 Å². The van der Waals surface area contributed by atoms with E-state index < -0.39 is 65.0 Å². The molecule has 5 N–H and O–H groups in total. The van der Waals surface area contributed by atoms with Gasteiger partial charge >= 0.3 is 11.9 Å². The number of fused-ring (bicyclic) bond motifs is 7. The van der Waals surface area contributed by atoms with Crippen molar-refractivity contribution < 1.29 is 44.6 Å². The van der Waals surface area contributed by atoms with Crippen LogP contribution in [0.1, 0.15) is 106 Å². The summed E-state index contributed by atoms with van der Waals surface area (Å²) in [4.78, 5) is 28.3. The van der Waals surface area contributed by atoms with Crippen molar-refractivity contribution >= 4 is 11.9 Å². The van der Waals surface area contributed by atoms with E-state index in [1.165, 1.54) is 0 Å². The minimum Gasteiger partial charge on any atom is -0.481 e. The summed E-state index contributed by atoms with van der Waals surface area (Å²) in [6.07, 6.45) is 0.910. The number of rotatable bonds is 3. The number of aliphatic hydroxyl groups is 4. The Morgan fingerprint density at radius 1 is 0.844 bits per heavy atom. The maximum Gasteiger partial charge on any atom is 0.319 e. The van der Waals surface area contributed by atoms with Crippen LogP contribution < -0.4 is 0 Å². The van der Waals surface area contributed by atoms with Crippen LogP contribution in [-0.2, 0) is 19.1 Å². The van der Waals surface area contributed by atoms with Crippen LogP contribution in [0.4, 0.5) is 0 Å². The predicted molar refractivity (Wildman–Crippen MR) is 165 cm³/mol. The summed E-state index contributed by atoms with van der Waals surface area (Å²) in [6, 6.07) is 0. The third kappa shape index (κ3) is 4.28. The number of carboxylic acids is 1. The quantitative estimate of drug-likeness (QED) is 0.224. The van der Waals surface area contributed by atoms with E-state index in [0.29, 0.717) is 25.7 Å². The van der Waals surface area contributed by atoms with Gasteiger partial charge in [-0.05, 0) is 111 Å². The largest absolute Gasteiger partial charge is 0.481 e. The molecule has 0 aromatic carbocycles. The molecule has 0 bridgehead atoms. The van der Waals surface area contributed by atoms with Crippen molar-refractivity contribution in [1.29, 1.82) is 0 Å². The van der Waals surface area contributed by atoms with Gasteiger partial charge in [0, 0.05) is 0 Å². The Morgan fingerprint density at radius 2 is 1.53 bits per heavy atom. The molecule has 1 heterocycles. The third-order valence-corrected chi connectivity index (χ3v) is 15.2. The molecule has 5 aliphatic carbocycles. The van der Waals surface area contributed by atoms with Gasteiger partial charge in [0.25, 0.3) is 0 Å². The fraction of sp³-hybridized carbons (Fsp3) is 0.889. The smallest absolute Gasteiger partial charge is 0.319 e. The van der Waals surface area contributed by atoms with E-state index in [9.17, 15) is 30.3 Å². The summed E-state index contributed by atoms with van der Waals surface area (Å²) in [6.45, 7) is 14.8. The van der Waals surface area contributed by atoms with Gasteiger partial charge in [0.15, 0.2) is 0 Å². The Bertz CT molecular complexity index is 1250. The van der Waals surface area contributed by atoms with Gasteiger partial charge in [-0.1, -0.05) is 53.2 Å². The number of esters is 1. The highest BCUT2D eigenvalue weighted by atomic mass is 16.7. The monoisotopic (exact) mass is 632 g/mol. The second-order valence-corrected chi connectivity index (χ2v) is 17.1. The Hall–Kier alpha value is -1.52. The zero-order valence-electron chi connectivity index (χ0n) is 28.2. The van der Waals surface area contributed by atoms with Crippen LogP contribution in [0.2, 0.25) is 0 Å². The van der Waals surface area contributed by atoms with E-state index in [4.69, 9.17) is 9.47 Å². The van der Waals surface area contributed by atoms with Crippen LogP contribution in [0.5, 0.6) is 0 Å². The van der Waals surface area contributed by atoms with Crippen LogP contribution >= 0.6 is 0 Å². The number of hydrogen-bond donors (Lipinski definition) is 5. The number of carbonyl (C=O) groups excluding carboxylic acids is 1. The minimum atomic E-state index is -1.62. The molecule has 0 spiro atoms. The lowest BCUT2D eigenvalue weighted by Gasteiger charge is -2.70. The number of aliphatic carboxylic acids is 1. The lowest BCUT2D eigenvalue weighted by atomic mass is 9.33. The van der Waals surface area contributed by atoms with Crippen molar-refractivity contribution in [2.24, 2.45) is 56.7 Å². The Kier molecular flexibility index (Phi) is 7.97. The molecule has 45 heavy (non-hydrogen) atoms. The van der Waals surface area contributed by atoms with E-state index in [0.717, 1.165) is 37.7 Å². The summed E-state index contributed by atoms with van der Waals surface area (Å²) in [5.74, 6) is -0.986. The average Bonchev–Trinajstić information content (AvgIpc) is 2.98. The molecule has 1 unspecified atom stereocenters. The van der Waals surface area contributed by atoms with E-state index in [2.05, 4.69) is 47.6 Å². The van der Waals surface area contributed by atoms with Crippen LogP contribution in [0, 0.1) is 56.7 Å². The maximum absolute atomic E-state index is 15.1. The standard InChI is InChI=1S/C36H56O9/c1-18-10-15-35(30(41)42)16-17-36(31(43)45-29-28(40)27(39)26(38)20(3)44-29)21(25(35)19(18)2)8-9-23-33(6)13-12-24(37)32(4,5)22(33)11-14-34(23,36)7/h8,18-20,22-29,37-40H,9-17H2,1-7H3,(H,41,42)/t18-,19+,20+,22?,23-,24+,25+,26+,27-,28-,29+,33+,34-,35+,36-/m1/s1. The summed E-state index contributed by atoms with van der Waals surface area (Å²) in [7, 11) is 0. The van der Waals surface area contributed by atoms with Crippen molar-refractivity contribution in [2.45, 2.75) is 143 Å². The SMILES string of the molecule is C[C@H]1[C@H](C)CC[C@]2(C(=O)O)CC[C@]3(C(=O)O[C@@H]4O[C@@H](C)[C@H](O)[C@@H](O)[C@H]4O)C(=CC[C@@H]4[C@@]5(C)CC[C@H](O)C(C)(C)C5CC[C@]43C)[C@H]12. The second kappa shape index (κ2) is 10.7. The first kappa shape index (κ1) is 33.4. The summed E-state index contributed by atoms with van der Waals surface area (Å²) >= 11 is 0. The molecule has 6 rings (SSSR count). The number of carboxylic acid groups (broad SMARTS) is 1. The maximum atomic E-state index is 15.1. The van der Waals surface area contributed by atoms with Crippen LogP contribution in [0.15, 0.2) is 11.6 Å².